The van der Waals surface area contributed by atoms with E-state index in [0.29, 0.717) is 0 Å². The predicted molar refractivity (Wildman–Crippen MR) is 101 cm³/mol. The van der Waals surface area contributed by atoms with E-state index in [2.05, 4.69) is 58.4 Å². The highest BCUT2D eigenvalue weighted by atomic mass is 16.3. The third kappa shape index (κ3) is 2.42. The lowest BCUT2D eigenvalue weighted by molar-refractivity contribution is 0.0414. The number of nitrogens with one attached hydrogen (secondary N) is 1. The van der Waals surface area contributed by atoms with Crippen LogP contribution in [-0.4, -0.2) is 34.2 Å². The van der Waals surface area contributed by atoms with Crippen molar-refractivity contribution in [2.45, 2.75) is 37.3 Å². The van der Waals surface area contributed by atoms with Crippen LogP contribution in [0.5, 0.6) is 0 Å². The molecule has 1 aromatic heterocycles. The number of likely N-dealkylation sites (tertiary alicyclic amines) is 1. The van der Waals surface area contributed by atoms with E-state index in [-0.39, 0.29) is 11.5 Å². The average Bonchev–Trinajstić information content (AvgIpc) is 3.20. The van der Waals surface area contributed by atoms with Crippen LogP contribution in [0.25, 0.3) is 10.9 Å². The number of rotatable bonds is 2. The monoisotopic (exact) mass is 332 g/mol. The minimum Gasteiger partial charge on any atom is -0.392 e. The van der Waals surface area contributed by atoms with Crippen LogP contribution >= 0.6 is 0 Å². The van der Waals surface area contributed by atoms with Crippen molar-refractivity contribution < 1.29 is 5.11 Å². The lowest BCUT2D eigenvalue weighted by atomic mass is 9.72. The smallest absolute Gasteiger partial charge is 0.0678 e. The molecular formula is C22H24N2O. The van der Waals surface area contributed by atoms with Crippen molar-refractivity contribution in [2.24, 2.45) is 0 Å². The molecule has 0 bridgehead atoms. The number of aliphatic hydroxyl groups excluding tert-OH is 1. The molecule has 128 valence electrons. The molecule has 2 aromatic carbocycles. The van der Waals surface area contributed by atoms with Crippen LogP contribution in [0.3, 0.4) is 0 Å². The second-order valence-corrected chi connectivity index (χ2v) is 7.71. The molecule has 0 amide bonds. The highest BCUT2D eigenvalue weighted by Gasteiger charge is 2.47. The minimum absolute atomic E-state index is 0.0162. The Labute approximate surface area is 148 Å². The molecule has 1 fully saturated rings. The molecule has 1 aliphatic carbocycles. The van der Waals surface area contributed by atoms with Gasteiger partial charge in [0.1, 0.15) is 0 Å². The van der Waals surface area contributed by atoms with E-state index < -0.39 is 0 Å². The summed E-state index contributed by atoms with van der Waals surface area (Å²) in [5.74, 6) is 0. The molecule has 3 heteroatoms. The fourth-order valence-electron chi connectivity index (χ4n) is 4.94. The molecule has 2 aliphatic rings. The van der Waals surface area contributed by atoms with E-state index in [1.807, 2.05) is 6.20 Å². The maximum atomic E-state index is 10.8. The maximum absolute atomic E-state index is 10.8. The van der Waals surface area contributed by atoms with Gasteiger partial charge in [0.2, 0.25) is 0 Å². The molecular weight excluding hydrogens is 308 g/mol. The number of aromatic amines is 1. The highest BCUT2D eigenvalue weighted by Crippen LogP contribution is 2.46. The third-order valence-electron chi connectivity index (χ3n) is 6.38. The van der Waals surface area contributed by atoms with Crippen LogP contribution in [-0.2, 0) is 18.4 Å². The number of benzene rings is 2. The van der Waals surface area contributed by atoms with E-state index in [1.54, 1.807) is 0 Å². The van der Waals surface area contributed by atoms with Crippen LogP contribution in [0.4, 0.5) is 0 Å². The van der Waals surface area contributed by atoms with Crippen LogP contribution in [0.2, 0.25) is 0 Å². The fraction of sp³-hybridized carbons (Fsp3) is 0.364. The van der Waals surface area contributed by atoms with E-state index in [4.69, 9.17) is 0 Å². The fourth-order valence-corrected chi connectivity index (χ4v) is 4.94. The van der Waals surface area contributed by atoms with Gasteiger partial charge in [-0.15, -0.1) is 0 Å². The Hall–Kier alpha value is -2.10. The largest absolute Gasteiger partial charge is 0.392 e. The van der Waals surface area contributed by atoms with Crippen LogP contribution in [0.1, 0.15) is 29.5 Å². The Balaban J connectivity index is 1.33. The number of hydrogen-bond donors (Lipinski definition) is 2. The van der Waals surface area contributed by atoms with E-state index in [9.17, 15) is 5.11 Å². The molecule has 2 heterocycles. The van der Waals surface area contributed by atoms with Gasteiger partial charge in [-0.25, -0.2) is 0 Å². The van der Waals surface area contributed by atoms with E-state index in [0.717, 1.165) is 38.9 Å². The van der Waals surface area contributed by atoms with Crippen molar-refractivity contribution in [3.8, 4) is 0 Å². The Bertz CT molecular complexity index is 905. The topological polar surface area (TPSA) is 39.3 Å². The standard InChI is InChI=1S/C22H24N2O/c25-21-14-17-3-1-2-4-19(17)22(21)8-11-24(12-9-22)15-16-5-6-20-18(13-16)7-10-23-20/h1-7,10,13,21,23,25H,8-9,11-12,14-15H2/t21-/m1/s1. The summed E-state index contributed by atoms with van der Waals surface area (Å²) in [5.41, 5.74) is 5.30. The first-order valence-electron chi connectivity index (χ1n) is 9.29. The first-order chi connectivity index (χ1) is 12.2. The van der Waals surface area contributed by atoms with Gasteiger partial charge >= 0.3 is 0 Å². The third-order valence-corrected chi connectivity index (χ3v) is 6.38. The van der Waals surface area contributed by atoms with Gasteiger partial charge in [-0.3, -0.25) is 4.90 Å². The van der Waals surface area contributed by atoms with Crippen LogP contribution in [0, 0.1) is 0 Å². The van der Waals surface area contributed by atoms with Gasteiger partial charge < -0.3 is 10.1 Å². The summed E-state index contributed by atoms with van der Waals surface area (Å²) in [6, 6.07) is 17.5. The maximum Gasteiger partial charge on any atom is 0.0678 e. The molecule has 3 aromatic rings. The summed E-state index contributed by atoms with van der Waals surface area (Å²) in [7, 11) is 0. The SMILES string of the molecule is O[C@@H]1Cc2ccccc2C12CCN(Cc1ccc3[nH]ccc3c1)CC2. The van der Waals surface area contributed by atoms with Gasteiger partial charge in [0.05, 0.1) is 6.10 Å². The molecule has 0 saturated carbocycles. The molecule has 1 spiro atoms. The molecule has 0 radical (unpaired) electrons. The molecule has 2 N–H and O–H groups in total. The van der Waals surface area contributed by atoms with Gasteiger partial charge in [0.25, 0.3) is 0 Å². The van der Waals surface area contributed by atoms with Crippen molar-refractivity contribution in [1.82, 2.24) is 9.88 Å². The lowest BCUT2D eigenvalue weighted by Gasteiger charge is -2.42. The molecule has 1 saturated heterocycles. The Kier molecular flexibility index (Phi) is 3.47. The van der Waals surface area contributed by atoms with Crippen molar-refractivity contribution in [2.75, 3.05) is 13.1 Å². The number of H-pyrrole nitrogens is 1. The molecule has 0 unspecified atom stereocenters. The Morgan fingerprint density at radius 2 is 1.92 bits per heavy atom. The molecule has 3 nitrogen and oxygen atoms in total. The zero-order valence-electron chi connectivity index (χ0n) is 14.4. The van der Waals surface area contributed by atoms with E-state index in [1.165, 1.54) is 27.6 Å². The number of piperidine rings is 1. The number of hydrogen-bond acceptors (Lipinski definition) is 2. The second-order valence-electron chi connectivity index (χ2n) is 7.71. The molecule has 1 aliphatic heterocycles. The number of aliphatic hydroxyl groups is 1. The molecule has 1 atom stereocenters. The van der Waals surface area contributed by atoms with Gasteiger partial charge in [0, 0.05) is 23.7 Å². The summed E-state index contributed by atoms with van der Waals surface area (Å²) < 4.78 is 0. The summed E-state index contributed by atoms with van der Waals surface area (Å²) >= 11 is 0. The van der Waals surface area contributed by atoms with Gasteiger partial charge in [-0.05, 0) is 72.6 Å². The summed E-state index contributed by atoms with van der Waals surface area (Å²) in [6.07, 6.45) is 4.70. The van der Waals surface area contributed by atoms with E-state index >= 15 is 0 Å². The number of nitrogens with zero attached hydrogens (tertiary/aromatic N) is 1. The van der Waals surface area contributed by atoms with Gasteiger partial charge in [0.15, 0.2) is 0 Å². The average molecular weight is 332 g/mol. The van der Waals surface area contributed by atoms with Crippen molar-refractivity contribution >= 4 is 10.9 Å². The van der Waals surface area contributed by atoms with Crippen LogP contribution in [0.15, 0.2) is 54.7 Å². The lowest BCUT2D eigenvalue weighted by Crippen LogP contribution is -2.47. The zero-order valence-corrected chi connectivity index (χ0v) is 14.4. The number of aromatic nitrogens is 1. The molecule has 5 rings (SSSR count). The highest BCUT2D eigenvalue weighted by molar-refractivity contribution is 5.79. The quantitative estimate of drug-likeness (QED) is 0.752. The summed E-state index contributed by atoms with van der Waals surface area (Å²) in [5, 5.41) is 12.1. The van der Waals surface area contributed by atoms with Crippen LogP contribution < -0.4 is 0 Å². The second kappa shape index (κ2) is 5.72. The minimum atomic E-state index is -0.219. The first-order valence-corrected chi connectivity index (χ1v) is 9.29. The number of fused-ring (bicyclic) bond motifs is 3. The summed E-state index contributed by atoms with van der Waals surface area (Å²) in [6.45, 7) is 3.10. The summed E-state index contributed by atoms with van der Waals surface area (Å²) in [4.78, 5) is 5.79. The zero-order chi connectivity index (χ0) is 16.9. The van der Waals surface area contributed by atoms with Gasteiger partial charge in [-0.2, -0.15) is 0 Å². The Morgan fingerprint density at radius 3 is 2.80 bits per heavy atom. The predicted octanol–water partition coefficient (Wildman–Crippen LogP) is 3.62. The first kappa shape index (κ1) is 15.2. The van der Waals surface area contributed by atoms with Gasteiger partial charge in [-0.1, -0.05) is 30.3 Å². The van der Waals surface area contributed by atoms with Crippen molar-refractivity contribution in [3.63, 3.8) is 0 Å². The molecule has 25 heavy (non-hydrogen) atoms. The normalized spacial score (nSPS) is 22.5. The van der Waals surface area contributed by atoms with Crippen molar-refractivity contribution in [1.29, 1.82) is 0 Å². The Morgan fingerprint density at radius 1 is 1.08 bits per heavy atom. The van der Waals surface area contributed by atoms with Crippen molar-refractivity contribution in [3.05, 3.63) is 71.4 Å².